The Morgan fingerprint density at radius 2 is 1.86 bits per heavy atom. The second-order valence-corrected chi connectivity index (χ2v) is 8.58. The quantitative estimate of drug-likeness (QED) is 0.731. The molecule has 1 aliphatic rings. The van der Waals surface area contributed by atoms with Crippen molar-refractivity contribution in [2.45, 2.75) is 23.7 Å². The lowest BCUT2D eigenvalue weighted by Gasteiger charge is -2.25. The summed E-state index contributed by atoms with van der Waals surface area (Å²) in [5.74, 6) is 0.357. The third-order valence-electron chi connectivity index (χ3n) is 4.56. The lowest BCUT2D eigenvalue weighted by molar-refractivity contribution is -0.274. The highest BCUT2D eigenvalue weighted by atomic mass is 32.2. The summed E-state index contributed by atoms with van der Waals surface area (Å²) >= 11 is 0. The van der Waals surface area contributed by atoms with Crippen molar-refractivity contribution in [3.63, 3.8) is 0 Å². The Labute approximate surface area is 167 Å². The maximum Gasteiger partial charge on any atom is 0.573 e. The number of fused-ring (bicyclic) bond motifs is 1. The maximum absolute atomic E-state index is 12.6. The van der Waals surface area contributed by atoms with Crippen molar-refractivity contribution in [2.75, 3.05) is 27.2 Å². The molecule has 1 heterocycles. The Morgan fingerprint density at radius 1 is 1.17 bits per heavy atom. The highest BCUT2D eigenvalue weighted by Crippen LogP contribution is 2.30. The second-order valence-electron chi connectivity index (χ2n) is 6.82. The van der Waals surface area contributed by atoms with Crippen LogP contribution in [0.1, 0.15) is 17.2 Å². The summed E-state index contributed by atoms with van der Waals surface area (Å²) in [5.41, 5.74) is 2.02. The first-order chi connectivity index (χ1) is 13.5. The fourth-order valence-electron chi connectivity index (χ4n) is 3.10. The molecular weight excluding hydrogens is 409 g/mol. The molecule has 0 aliphatic carbocycles. The van der Waals surface area contributed by atoms with E-state index in [1.807, 2.05) is 37.2 Å². The van der Waals surface area contributed by atoms with Gasteiger partial charge >= 0.3 is 6.36 Å². The van der Waals surface area contributed by atoms with Crippen LogP contribution in [-0.2, 0) is 16.4 Å². The van der Waals surface area contributed by atoms with Gasteiger partial charge in [0.15, 0.2) is 0 Å². The van der Waals surface area contributed by atoms with Gasteiger partial charge < -0.3 is 14.4 Å². The Morgan fingerprint density at radius 3 is 2.48 bits per heavy atom. The van der Waals surface area contributed by atoms with Gasteiger partial charge in [0.05, 0.1) is 11.5 Å². The lowest BCUT2D eigenvalue weighted by Crippen LogP contribution is -2.34. The minimum absolute atomic E-state index is 0.0930. The van der Waals surface area contributed by atoms with Gasteiger partial charge in [0, 0.05) is 19.0 Å². The van der Waals surface area contributed by atoms with Crippen molar-refractivity contribution in [2.24, 2.45) is 0 Å². The molecule has 1 aliphatic heterocycles. The van der Waals surface area contributed by atoms with Crippen LogP contribution in [0.4, 0.5) is 13.2 Å². The number of hydrogen-bond donors (Lipinski definition) is 1. The number of halogens is 3. The first-order valence-corrected chi connectivity index (χ1v) is 10.3. The van der Waals surface area contributed by atoms with Crippen LogP contribution in [0.2, 0.25) is 0 Å². The van der Waals surface area contributed by atoms with Crippen LogP contribution in [-0.4, -0.2) is 46.9 Å². The summed E-state index contributed by atoms with van der Waals surface area (Å²) in [6.45, 7) is 0.724. The normalized spacial score (nSPS) is 15.1. The van der Waals surface area contributed by atoms with E-state index >= 15 is 0 Å². The summed E-state index contributed by atoms with van der Waals surface area (Å²) in [6, 6.07) is 9.61. The predicted molar refractivity (Wildman–Crippen MR) is 100 cm³/mol. The van der Waals surface area contributed by atoms with Gasteiger partial charge in [0.1, 0.15) is 11.5 Å². The molecule has 0 aromatic heterocycles. The molecule has 2 aromatic rings. The first kappa shape index (κ1) is 21.4. The lowest BCUT2D eigenvalue weighted by atomic mass is 10.0. The van der Waals surface area contributed by atoms with Crippen LogP contribution in [0, 0.1) is 0 Å². The van der Waals surface area contributed by atoms with Crippen molar-refractivity contribution < 1.29 is 31.1 Å². The van der Waals surface area contributed by atoms with Crippen molar-refractivity contribution in [1.82, 2.24) is 9.62 Å². The molecule has 0 spiro atoms. The molecule has 0 bridgehead atoms. The number of likely N-dealkylation sites (N-methyl/N-ethyl adjacent to an activating group) is 1. The van der Waals surface area contributed by atoms with Crippen LogP contribution in [0.3, 0.4) is 0 Å². The standard InChI is InChI=1S/C19H21F3N2O4S/c1-24(2)17(13-3-8-18-14(11-13)9-10-27-18)12-23-29(25,26)16-6-4-15(5-7-16)28-19(20,21)22/h3-8,11,17,23H,9-10,12H2,1-2H3. The molecule has 1 unspecified atom stereocenters. The fraction of sp³-hybridized carbons (Fsp3) is 0.368. The molecule has 0 amide bonds. The third kappa shape index (κ3) is 5.40. The van der Waals surface area contributed by atoms with Gasteiger partial charge in [-0.25, -0.2) is 13.1 Å². The summed E-state index contributed by atoms with van der Waals surface area (Å²) in [4.78, 5) is 1.74. The van der Waals surface area contributed by atoms with E-state index in [2.05, 4.69) is 9.46 Å². The molecule has 0 fully saturated rings. The smallest absolute Gasteiger partial charge is 0.493 e. The van der Waals surface area contributed by atoms with E-state index in [0.29, 0.717) is 6.61 Å². The molecular formula is C19H21F3N2O4S. The van der Waals surface area contributed by atoms with E-state index in [0.717, 1.165) is 47.6 Å². The molecule has 10 heteroatoms. The molecule has 158 valence electrons. The Kier molecular flexibility index (Phi) is 6.06. The largest absolute Gasteiger partial charge is 0.573 e. The third-order valence-corrected chi connectivity index (χ3v) is 6.00. The van der Waals surface area contributed by atoms with Gasteiger partial charge in [0.2, 0.25) is 10.0 Å². The minimum atomic E-state index is -4.83. The van der Waals surface area contributed by atoms with Crippen LogP contribution in [0.15, 0.2) is 47.4 Å². The average molecular weight is 430 g/mol. The monoisotopic (exact) mass is 430 g/mol. The Hall–Kier alpha value is -2.30. The van der Waals surface area contributed by atoms with Gasteiger partial charge in [-0.05, 0) is 55.6 Å². The van der Waals surface area contributed by atoms with Gasteiger partial charge in [-0.3, -0.25) is 0 Å². The van der Waals surface area contributed by atoms with Crippen molar-refractivity contribution in [3.8, 4) is 11.5 Å². The van der Waals surface area contributed by atoms with E-state index in [-0.39, 0.29) is 17.5 Å². The van der Waals surface area contributed by atoms with Gasteiger partial charge in [-0.15, -0.1) is 13.2 Å². The van der Waals surface area contributed by atoms with Crippen LogP contribution in [0.5, 0.6) is 11.5 Å². The van der Waals surface area contributed by atoms with Crippen LogP contribution < -0.4 is 14.2 Å². The van der Waals surface area contributed by atoms with E-state index in [1.54, 1.807) is 0 Å². The molecule has 0 saturated carbocycles. The van der Waals surface area contributed by atoms with E-state index in [9.17, 15) is 21.6 Å². The van der Waals surface area contributed by atoms with Gasteiger partial charge in [-0.2, -0.15) is 0 Å². The molecule has 2 aromatic carbocycles. The number of rotatable bonds is 7. The number of hydrogen-bond acceptors (Lipinski definition) is 5. The Balaban J connectivity index is 1.72. The average Bonchev–Trinajstić information content (AvgIpc) is 3.08. The summed E-state index contributed by atoms with van der Waals surface area (Å²) in [7, 11) is -0.228. The highest BCUT2D eigenvalue weighted by Gasteiger charge is 2.31. The molecule has 1 atom stereocenters. The number of benzene rings is 2. The molecule has 1 N–H and O–H groups in total. The number of sulfonamides is 1. The minimum Gasteiger partial charge on any atom is -0.493 e. The number of ether oxygens (including phenoxy) is 2. The number of nitrogens with one attached hydrogen (secondary N) is 1. The molecule has 29 heavy (non-hydrogen) atoms. The van der Waals surface area contributed by atoms with E-state index in [1.165, 1.54) is 0 Å². The maximum atomic E-state index is 12.6. The van der Waals surface area contributed by atoms with Crippen LogP contribution >= 0.6 is 0 Å². The van der Waals surface area contributed by atoms with Crippen molar-refractivity contribution in [1.29, 1.82) is 0 Å². The highest BCUT2D eigenvalue weighted by molar-refractivity contribution is 7.89. The predicted octanol–water partition coefficient (Wildman–Crippen LogP) is 3.10. The summed E-state index contributed by atoms with van der Waals surface area (Å²) < 4.78 is 73.6. The number of nitrogens with zero attached hydrogens (tertiary/aromatic N) is 1. The van der Waals surface area contributed by atoms with Gasteiger partial charge in [0.25, 0.3) is 0 Å². The zero-order chi connectivity index (χ0) is 21.2. The summed E-state index contributed by atoms with van der Waals surface area (Å²) in [6.07, 6.45) is -4.03. The molecule has 0 radical (unpaired) electrons. The van der Waals surface area contributed by atoms with E-state index in [4.69, 9.17) is 4.74 Å². The zero-order valence-corrected chi connectivity index (χ0v) is 16.7. The fourth-order valence-corrected chi connectivity index (χ4v) is 4.14. The first-order valence-electron chi connectivity index (χ1n) is 8.83. The molecule has 6 nitrogen and oxygen atoms in total. The van der Waals surface area contributed by atoms with E-state index < -0.39 is 22.1 Å². The second kappa shape index (κ2) is 8.21. The van der Waals surface area contributed by atoms with Crippen molar-refractivity contribution >= 4 is 10.0 Å². The zero-order valence-electron chi connectivity index (χ0n) is 15.9. The van der Waals surface area contributed by atoms with Gasteiger partial charge in [-0.1, -0.05) is 12.1 Å². The molecule has 3 rings (SSSR count). The topological polar surface area (TPSA) is 67.9 Å². The molecule has 0 saturated heterocycles. The SMILES string of the molecule is CN(C)C(CNS(=O)(=O)c1ccc(OC(F)(F)F)cc1)c1ccc2c(c1)CCO2. The summed E-state index contributed by atoms with van der Waals surface area (Å²) in [5, 5.41) is 0. The van der Waals surface area contributed by atoms with Crippen LogP contribution in [0.25, 0.3) is 0 Å². The Bertz CT molecular complexity index is 960. The number of alkyl halides is 3. The van der Waals surface area contributed by atoms with Crippen molar-refractivity contribution in [3.05, 3.63) is 53.6 Å².